The highest BCUT2D eigenvalue weighted by Crippen LogP contribution is 2.18. The van der Waals surface area contributed by atoms with E-state index >= 15 is 0 Å². The van der Waals surface area contributed by atoms with Crippen LogP contribution in [0.2, 0.25) is 10.6 Å². The number of nitrogens with zero attached hydrogens (tertiary/aromatic N) is 5. The second kappa shape index (κ2) is 5.30. The summed E-state index contributed by atoms with van der Waals surface area (Å²) in [5, 5.41) is -0.158. The first kappa shape index (κ1) is 14.0. The van der Waals surface area contributed by atoms with Crippen molar-refractivity contribution in [3.63, 3.8) is 0 Å². The Hall–Kier alpha value is -1.41. The summed E-state index contributed by atoms with van der Waals surface area (Å²) < 4.78 is 37.4. The maximum atomic E-state index is 12.2. The molecule has 2 aromatic rings. The highest BCUT2D eigenvalue weighted by Gasteiger charge is 2.27. The summed E-state index contributed by atoms with van der Waals surface area (Å²) in [6, 6.07) is 0. The van der Waals surface area contributed by atoms with Crippen molar-refractivity contribution >= 4 is 23.2 Å². The van der Waals surface area contributed by atoms with Crippen LogP contribution in [-0.4, -0.2) is 30.7 Å². The largest absolute Gasteiger partial charge is 0.406 e. The van der Waals surface area contributed by atoms with Crippen molar-refractivity contribution in [2.24, 2.45) is 0 Å². The number of hydrogen-bond donors (Lipinski definition) is 0. The minimum atomic E-state index is -4.29. The van der Waals surface area contributed by atoms with Crippen LogP contribution in [0.1, 0.15) is 11.5 Å². The van der Waals surface area contributed by atoms with Gasteiger partial charge in [0.25, 0.3) is 0 Å². The quantitative estimate of drug-likeness (QED) is 0.874. The molecule has 19 heavy (non-hydrogen) atoms. The van der Waals surface area contributed by atoms with E-state index in [0.717, 1.165) is 10.9 Å². The van der Waals surface area contributed by atoms with E-state index in [9.17, 15) is 13.2 Å². The molecule has 0 amide bonds. The zero-order chi connectivity index (χ0) is 14.0. The molecule has 10 heteroatoms. The van der Waals surface area contributed by atoms with Crippen LogP contribution in [0.25, 0.3) is 0 Å². The van der Waals surface area contributed by atoms with Crippen molar-refractivity contribution in [1.29, 1.82) is 0 Å². The zero-order valence-corrected chi connectivity index (χ0v) is 10.7. The fourth-order valence-corrected chi connectivity index (χ4v) is 1.79. The molecule has 0 aromatic carbocycles. The molecule has 0 spiro atoms. The first-order chi connectivity index (χ1) is 8.82. The fraction of sp³-hybridized carbons (Fsp3) is 0.333. The minimum absolute atomic E-state index is 0.0790. The highest BCUT2D eigenvalue weighted by molar-refractivity contribution is 6.30. The third-order valence-corrected chi connectivity index (χ3v) is 2.35. The van der Waals surface area contributed by atoms with Gasteiger partial charge in [-0.1, -0.05) is 0 Å². The average molecular weight is 312 g/mol. The first-order valence-electron chi connectivity index (χ1n) is 4.95. The summed E-state index contributed by atoms with van der Waals surface area (Å²) in [5.74, 6) is 0.238. The molecule has 0 atom stereocenters. The van der Waals surface area contributed by atoms with Crippen molar-refractivity contribution in [1.82, 2.24) is 24.5 Å². The lowest BCUT2D eigenvalue weighted by Gasteiger charge is -2.05. The van der Waals surface area contributed by atoms with Gasteiger partial charge >= 0.3 is 6.18 Å². The molecule has 0 N–H and O–H groups in total. The van der Waals surface area contributed by atoms with Crippen LogP contribution in [-0.2, 0) is 13.0 Å². The van der Waals surface area contributed by atoms with Gasteiger partial charge in [0, 0.05) is 6.20 Å². The molecular weight excluding hydrogens is 306 g/mol. The summed E-state index contributed by atoms with van der Waals surface area (Å²) in [4.78, 5) is 15.0. The molecule has 0 aliphatic carbocycles. The summed E-state index contributed by atoms with van der Waals surface area (Å²) in [6.07, 6.45) is -1.82. The van der Waals surface area contributed by atoms with E-state index in [1.165, 1.54) is 6.20 Å². The van der Waals surface area contributed by atoms with E-state index in [2.05, 4.69) is 19.9 Å². The van der Waals surface area contributed by atoms with E-state index in [4.69, 9.17) is 23.2 Å². The Kier molecular flexibility index (Phi) is 3.91. The van der Waals surface area contributed by atoms with E-state index in [0.29, 0.717) is 5.69 Å². The molecule has 0 aliphatic rings. The number of hydrogen-bond acceptors (Lipinski definition) is 4. The molecule has 0 fully saturated rings. The van der Waals surface area contributed by atoms with Crippen LogP contribution in [0.4, 0.5) is 13.2 Å². The molecule has 2 aromatic heterocycles. The maximum absolute atomic E-state index is 12.2. The lowest BCUT2D eigenvalue weighted by Crippen LogP contribution is -2.16. The summed E-state index contributed by atoms with van der Waals surface area (Å²) in [5.41, 5.74) is 0.377. The average Bonchev–Trinajstić information content (AvgIpc) is 2.60. The predicted molar refractivity (Wildman–Crippen MR) is 60.9 cm³/mol. The van der Waals surface area contributed by atoms with E-state index in [-0.39, 0.29) is 22.8 Å². The third kappa shape index (κ3) is 4.32. The fourth-order valence-electron chi connectivity index (χ4n) is 1.40. The van der Waals surface area contributed by atoms with Crippen molar-refractivity contribution in [3.05, 3.63) is 34.6 Å². The van der Waals surface area contributed by atoms with Crippen LogP contribution in [0.5, 0.6) is 0 Å². The molecule has 0 saturated heterocycles. The van der Waals surface area contributed by atoms with Gasteiger partial charge in [-0.2, -0.15) is 18.2 Å². The van der Waals surface area contributed by atoms with E-state index < -0.39 is 12.7 Å². The van der Waals surface area contributed by atoms with Crippen LogP contribution < -0.4 is 0 Å². The van der Waals surface area contributed by atoms with Gasteiger partial charge < -0.3 is 4.57 Å². The summed E-state index contributed by atoms with van der Waals surface area (Å²) >= 11 is 11.2. The second-order valence-electron chi connectivity index (χ2n) is 3.62. The molecular formula is C9H6Cl2F3N5. The van der Waals surface area contributed by atoms with Gasteiger partial charge in [0.15, 0.2) is 0 Å². The van der Waals surface area contributed by atoms with Crippen LogP contribution in [0, 0.1) is 0 Å². The molecule has 0 unspecified atom stereocenters. The molecule has 0 radical (unpaired) electrons. The highest BCUT2D eigenvalue weighted by atomic mass is 35.5. The molecule has 5 nitrogen and oxygen atoms in total. The van der Waals surface area contributed by atoms with Crippen LogP contribution in [0.3, 0.4) is 0 Å². The predicted octanol–water partition coefficient (Wildman–Crippen LogP) is 2.53. The van der Waals surface area contributed by atoms with E-state index in [1.807, 2.05) is 0 Å². The number of imidazole rings is 1. The van der Waals surface area contributed by atoms with Gasteiger partial charge in [-0.15, -0.1) is 0 Å². The first-order valence-corrected chi connectivity index (χ1v) is 5.71. The standard InChI is InChI=1S/C9H6Cl2F3N5/c10-7-16-6(17-8(11)18-7)1-5-2-19(4-15-5)3-9(12,13)14/h2,4H,1,3H2. The monoisotopic (exact) mass is 311 g/mol. The van der Waals surface area contributed by atoms with Crippen molar-refractivity contribution in [2.45, 2.75) is 19.1 Å². The zero-order valence-electron chi connectivity index (χ0n) is 9.19. The molecule has 102 valence electrons. The third-order valence-electron chi connectivity index (χ3n) is 2.01. The Morgan fingerprint density at radius 3 is 2.32 bits per heavy atom. The van der Waals surface area contributed by atoms with Gasteiger partial charge in [-0.05, 0) is 23.2 Å². The Labute approximate surface area is 115 Å². The number of halogens is 5. The topological polar surface area (TPSA) is 56.5 Å². The minimum Gasteiger partial charge on any atom is -0.328 e. The van der Waals surface area contributed by atoms with Crippen molar-refractivity contribution in [3.8, 4) is 0 Å². The van der Waals surface area contributed by atoms with Gasteiger partial charge in [0.05, 0.1) is 18.4 Å². The molecule has 2 heterocycles. The van der Waals surface area contributed by atoms with Crippen molar-refractivity contribution < 1.29 is 13.2 Å². The number of aromatic nitrogens is 5. The Morgan fingerprint density at radius 2 is 1.74 bits per heavy atom. The summed E-state index contributed by atoms with van der Waals surface area (Å²) in [7, 11) is 0. The van der Waals surface area contributed by atoms with Crippen LogP contribution in [0.15, 0.2) is 12.5 Å². The Balaban J connectivity index is 2.11. The molecule has 2 rings (SSSR count). The van der Waals surface area contributed by atoms with E-state index in [1.54, 1.807) is 0 Å². The number of rotatable bonds is 3. The SMILES string of the molecule is FC(F)(F)Cn1cnc(Cc2nc(Cl)nc(Cl)n2)c1. The Morgan fingerprint density at radius 1 is 1.11 bits per heavy atom. The molecule has 0 aliphatic heterocycles. The van der Waals surface area contributed by atoms with Gasteiger partial charge in [-0.25, -0.2) is 15.0 Å². The maximum Gasteiger partial charge on any atom is 0.406 e. The second-order valence-corrected chi connectivity index (χ2v) is 4.30. The number of alkyl halides is 3. The van der Waals surface area contributed by atoms with Gasteiger partial charge in [-0.3, -0.25) is 0 Å². The lowest BCUT2D eigenvalue weighted by molar-refractivity contribution is -0.140. The Bertz CT molecular complexity index is 563. The lowest BCUT2D eigenvalue weighted by atomic mass is 10.3. The van der Waals surface area contributed by atoms with Crippen LogP contribution >= 0.6 is 23.2 Å². The van der Waals surface area contributed by atoms with Gasteiger partial charge in [0.1, 0.15) is 12.4 Å². The van der Waals surface area contributed by atoms with Gasteiger partial charge in [0.2, 0.25) is 10.6 Å². The smallest absolute Gasteiger partial charge is 0.328 e. The molecule has 0 bridgehead atoms. The normalized spacial score (nSPS) is 11.8. The molecule has 0 saturated carbocycles. The van der Waals surface area contributed by atoms with Crippen molar-refractivity contribution in [2.75, 3.05) is 0 Å². The summed E-state index contributed by atoms with van der Waals surface area (Å²) in [6.45, 7) is -1.10.